The molecule has 128 valence electrons. The van der Waals surface area contributed by atoms with Crippen molar-refractivity contribution < 1.29 is 9.32 Å². The summed E-state index contributed by atoms with van der Waals surface area (Å²) in [6.07, 6.45) is 8.08. The summed E-state index contributed by atoms with van der Waals surface area (Å²) in [6.45, 7) is 2.23. The summed E-state index contributed by atoms with van der Waals surface area (Å²) in [5.74, 6) is 1.57. The molecular formula is C19H25N3O2. The van der Waals surface area contributed by atoms with Crippen molar-refractivity contribution in [2.75, 3.05) is 5.32 Å². The van der Waals surface area contributed by atoms with Crippen LogP contribution in [0, 0.1) is 11.8 Å². The van der Waals surface area contributed by atoms with Crippen molar-refractivity contribution >= 4 is 11.9 Å². The van der Waals surface area contributed by atoms with Crippen molar-refractivity contribution in [3.05, 3.63) is 30.3 Å². The topological polar surface area (TPSA) is 68.0 Å². The molecule has 0 spiro atoms. The van der Waals surface area contributed by atoms with Gasteiger partial charge in [0.25, 0.3) is 11.8 Å². The van der Waals surface area contributed by atoms with Crippen LogP contribution < -0.4 is 5.32 Å². The van der Waals surface area contributed by atoms with Gasteiger partial charge in [-0.25, -0.2) is 0 Å². The minimum Gasteiger partial charge on any atom is -0.332 e. The first-order valence-electron chi connectivity index (χ1n) is 8.96. The van der Waals surface area contributed by atoms with Crippen molar-refractivity contribution in [2.24, 2.45) is 11.8 Å². The molecule has 1 heterocycles. The summed E-state index contributed by atoms with van der Waals surface area (Å²) in [4.78, 5) is 16.7. The lowest BCUT2D eigenvalue weighted by Gasteiger charge is -2.27. The van der Waals surface area contributed by atoms with Crippen LogP contribution >= 0.6 is 0 Å². The fourth-order valence-electron chi connectivity index (χ4n) is 3.39. The molecule has 1 saturated carbocycles. The molecule has 0 unspecified atom stereocenters. The molecule has 1 aromatic carbocycles. The standard InChI is InChI=1S/C19H25N3O2/c1-2-3-7-14-10-12-15(13-11-14)17(23)20-19-21-18(24-22-19)16-8-5-4-6-9-16/h4-6,8-9,14-15H,2-3,7,10-13H2,1H3,(H,20,22,23). The molecule has 3 rings (SSSR count). The Labute approximate surface area is 142 Å². The molecular weight excluding hydrogens is 302 g/mol. The normalized spacial score (nSPS) is 20.7. The van der Waals surface area contributed by atoms with Gasteiger partial charge < -0.3 is 4.52 Å². The lowest BCUT2D eigenvalue weighted by atomic mass is 9.79. The molecule has 24 heavy (non-hydrogen) atoms. The number of benzene rings is 1. The summed E-state index contributed by atoms with van der Waals surface area (Å²) < 4.78 is 5.22. The molecule has 1 amide bonds. The predicted molar refractivity (Wildman–Crippen MR) is 93.3 cm³/mol. The fraction of sp³-hybridized carbons (Fsp3) is 0.526. The Morgan fingerprint density at radius 3 is 2.67 bits per heavy atom. The Morgan fingerprint density at radius 2 is 1.96 bits per heavy atom. The van der Waals surface area contributed by atoms with Crippen LogP contribution in [0.4, 0.5) is 5.95 Å². The van der Waals surface area contributed by atoms with Crippen LogP contribution in [-0.4, -0.2) is 16.0 Å². The van der Waals surface area contributed by atoms with Gasteiger partial charge in [-0.3, -0.25) is 10.1 Å². The SMILES string of the molecule is CCCCC1CCC(C(=O)Nc2noc(-c3ccccc3)n2)CC1. The van der Waals surface area contributed by atoms with Crippen molar-refractivity contribution in [3.63, 3.8) is 0 Å². The number of carbonyl (C=O) groups excluding carboxylic acids is 1. The van der Waals surface area contributed by atoms with E-state index in [1.807, 2.05) is 30.3 Å². The van der Waals surface area contributed by atoms with Gasteiger partial charge in [0.1, 0.15) is 0 Å². The van der Waals surface area contributed by atoms with Crippen LogP contribution in [0.15, 0.2) is 34.9 Å². The second-order valence-electron chi connectivity index (χ2n) is 6.64. The van der Waals surface area contributed by atoms with Gasteiger partial charge in [-0.15, -0.1) is 0 Å². The van der Waals surface area contributed by atoms with E-state index in [1.54, 1.807) is 0 Å². The third kappa shape index (κ3) is 4.22. The van der Waals surface area contributed by atoms with Crippen LogP contribution in [0.25, 0.3) is 11.5 Å². The number of unbranched alkanes of at least 4 members (excludes halogenated alkanes) is 1. The molecule has 0 atom stereocenters. The molecule has 1 aromatic heterocycles. The molecule has 5 heteroatoms. The summed E-state index contributed by atoms with van der Waals surface area (Å²) in [7, 11) is 0. The highest BCUT2D eigenvalue weighted by Gasteiger charge is 2.26. The predicted octanol–water partition coefficient (Wildman–Crippen LogP) is 4.67. The van der Waals surface area contributed by atoms with Gasteiger partial charge in [-0.1, -0.05) is 44.4 Å². The Balaban J connectivity index is 1.52. The number of anilines is 1. The molecule has 1 fully saturated rings. The van der Waals surface area contributed by atoms with Gasteiger partial charge in [0.15, 0.2) is 0 Å². The van der Waals surface area contributed by atoms with E-state index in [4.69, 9.17) is 4.52 Å². The number of aromatic nitrogens is 2. The molecule has 0 saturated heterocycles. The van der Waals surface area contributed by atoms with Gasteiger partial charge in [0.05, 0.1) is 0 Å². The summed E-state index contributed by atoms with van der Waals surface area (Å²) >= 11 is 0. The van der Waals surface area contributed by atoms with Crippen LogP contribution in [0.2, 0.25) is 0 Å². The lowest BCUT2D eigenvalue weighted by molar-refractivity contribution is -0.121. The van der Waals surface area contributed by atoms with Crippen LogP contribution in [0.1, 0.15) is 51.9 Å². The Hall–Kier alpha value is -2.17. The van der Waals surface area contributed by atoms with E-state index in [-0.39, 0.29) is 17.8 Å². The highest BCUT2D eigenvalue weighted by Crippen LogP contribution is 2.32. The molecule has 2 aromatic rings. The van der Waals surface area contributed by atoms with E-state index < -0.39 is 0 Å². The van der Waals surface area contributed by atoms with Gasteiger partial charge in [-0.05, 0) is 48.9 Å². The number of hydrogen-bond acceptors (Lipinski definition) is 4. The zero-order valence-electron chi connectivity index (χ0n) is 14.2. The van der Waals surface area contributed by atoms with Crippen LogP contribution in [0.3, 0.4) is 0 Å². The Bertz CT molecular complexity index is 646. The third-order valence-electron chi connectivity index (χ3n) is 4.87. The van der Waals surface area contributed by atoms with Crippen LogP contribution in [0.5, 0.6) is 0 Å². The van der Waals surface area contributed by atoms with Gasteiger partial charge in [-0.2, -0.15) is 4.98 Å². The largest absolute Gasteiger partial charge is 0.332 e. The maximum Gasteiger partial charge on any atom is 0.270 e. The molecule has 1 aliphatic carbocycles. The number of nitrogens with one attached hydrogen (secondary N) is 1. The van der Waals surface area contributed by atoms with Crippen molar-refractivity contribution in [1.29, 1.82) is 0 Å². The zero-order valence-corrected chi connectivity index (χ0v) is 14.2. The molecule has 1 aliphatic rings. The fourth-order valence-corrected chi connectivity index (χ4v) is 3.39. The monoisotopic (exact) mass is 327 g/mol. The first-order valence-corrected chi connectivity index (χ1v) is 8.96. The first-order chi connectivity index (χ1) is 11.8. The quantitative estimate of drug-likeness (QED) is 0.837. The van der Waals surface area contributed by atoms with Crippen molar-refractivity contribution in [1.82, 2.24) is 10.1 Å². The lowest BCUT2D eigenvalue weighted by Crippen LogP contribution is -2.27. The number of rotatable bonds is 6. The number of hydrogen-bond donors (Lipinski definition) is 1. The average Bonchev–Trinajstić information content (AvgIpc) is 3.09. The molecule has 5 nitrogen and oxygen atoms in total. The van der Waals surface area contributed by atoms with Gasteiger partial charge >= 0.3 is 0 Å². The maximum absolute atomic E-state index is 12.4. The highest BCUT2D eigenvalue weighted by atomic mass is 16.5. The van der Waals surface area contributed by atoms with Gasteiger partial charge in [0, 0.05) is 11.5 Å². The summed E-state index contributed by atoms with van der Waals surface area (Å²) in [6, 6.07) is 9.55. The maximum atomic E-state index is 12.4. The van der Waals surface area contributed by atoms with Crippen LogP contribution in [-0.2, 0) is 4.79 Å². The molecule has 1 N–H and O–H groups in total. The molecule has 0 aliphatic heterocycles. The van der Waals surface area contributed by atoms with E-state index in [2.05, 4.69) is 22.4 Å². The van der Waals surface area contributed by atoms with E-state index in [9.17, 15) is 4.79 Å². The average molecular weight is 327 g/mol. The third-order valence-corrected chi connectivity index (χ3v) is 4.87. The van der Waals surface area contributed by atoms with Gasteiger partial charge in [0.2, 0.25) is 5.91 Å². The van der Waals surface area contributed by atoms with Crippen molar-refractivity contribution in [2.45, 2.75) is 51.9 Å². The van der Waals surface area contributed by atoms with E-state index in [1.165, 1.54) is 19.3 Å². The number of nitrogens with zero attached hydrogens (tertiary/aromatic N) is 2. The molecule has 0 bridgehead atoms. The van der Waals surface area contributed by atoms with E-state index >= 15 is 0 Å². The first kappa shape index (κ1) is 16.7. The minimum atomic E-state index is 0.0179. The summed E-state index contributed by atoms with van der Waals surface area (Å²) in [5.41, 5.74) is 0.849. The second kappa shape index (κ2) is 8.08. The molecule has 0 radical (unpaired) electrons. The minimum absolute atomic E-state index is 0.0179. The van der Waals surface area contributed by atoms with E-state index in [0.29, 0.717) is 5.89 Å². The summed E-state index contributed by atoms with van der Waals surface area (Å²) in [5, 5.41) is 6.67. The number of amides is 1. The number of carbonyl (C=O) groups is 1. The zero-order chi connectivity index (χ0) is 16.8. The van der Waals surface area contributed by atoms with E-state index in [0.717, 1.165) is 37.2 Å². The van der Waals surface area contributed by atoms with Crippen molar-refractivity contribution in [3.8, 4) is 11.5 Å². The second-order valence-corrected chi connectivity index (χ2v) is 6.64. The highest BCUT2D eigenvalue weighted by molar-refractivity contribution is 5.91. The Kier molecular flexibility index (Phi) is 5.62. The smallest absolute Gasteiger partial charge is 0.270 e. The Morgan fingerprint density at radius 1 is 1.21 bits per heavy atom.